The largest absolute Gasteiger partial charge is 0.494 e. The van der Waals surface area contributed by atoms with E-state index in [1.54, 1.807) is 15.9 Å². The number of likely N-dealkylation sites (N-methyl/N-ethyl adjacent to an activating group) is 1. The van der Waals surface area contributed by atoms with Gasteiger partial charge in [-0.05, 0) is 19.5 Å². The molecule has 0 bridgehead atoms. The van der Waals surface area contributed by atoms with E-state index < -0.39 is 40.7 Å². The summed E-state index contributed by atoms with van der Waals surface area (Å²) in [5.41, 5.74) is -2.47. The number of aromatic amines is 1. The number of halogens is 4. The molecule has 2 aromatic heterocycles. The molecule has 0 spiro atoms. The van der Waals surface area contributed by atoms with Crippen molar-refractivity contribution in [1.29, 1.82) is 0 Å². The van der Waals surface area contributed by atoms with Crippen LogP contribution in [-0.2, 0) is 0 Å². The van der Waals surface area contributed by atoms with Crippen LogP contribution in [0.15, 0.2) is 41.6 Å². The number of methoxy groups -OCH3 is 1. The number of ether oxygens (including phenoxy) is 1. The first-order chi connectivity index (χ1) is 20.1. The molecule has 2 aliphatic heterocycles. The first-order valence-electron chi connectivity index (χ1n) is 13.2. The number of anilines is 3. The molecule has 3 aromatic rings. The highest BCUT2D eigenvalue weighted by Gasteiger charge is 2.31. The molecule has 4 heterocycles. The van der Waals surface area contributed by atoms with Gasteiger partial charge in [-0.15, -0.1) is 0 Å². The lowest BCUT2D eigenvalue weighted by Crippen LogP contribution is -2.50. The van der Waals surface area contributed by atoms with Crippen LogP contribution < -0.4 is 25.4 Å². The fourth-order valence-corrected chi connectivity index (χ4v) is 5.05. The third-order valence-electron chi connectivity index (χ3n) is 7.55. The van der Waals surface area contributed by atoms with Gasteiger partial charge in [0.15, 0.2) is 11.6 Å². The summed E-state index contributed by atoms with van der Waals surface area (Å²) in [6.07, 6.45) is 2.31. The highest BCUT2D eigenvalue weighted by Crippen LogP contribution is 2.39. The van der Waals surface area contributed by atoms with Crippen molar-refractivity contribution in [2.45, 2.75) is 19.4 Å². The van der Waals surface area contributed by atoms with Crippen LogP contribution in [0.5, 0.6) is 5.75 Å². The summed E-state index contributed by atoms with van der Waals surface area (Å²) in [5.74, 6) is -2.17. The highest BCUT2D eigenvalue weighted by molar-refractivity contribution is 6.07. The van der Waals surface area contributed by atoms with E-state index in [-0.39, 0.29) is 36.1 Å². The lowest BCUT2D eigenvalue weighted by Gasteiger charge is -2.40. The van der Waals surface area contributed by atoms with Gasteiger partial charge in [0.25, 0.3) is 12.3 Å². The molecule has 2 aliphatic rings. The van der Waals surface area contributed by atoms with E-state index >= 15 is 8.78 Å². The van der Waals surface area contributed by atoms with Gasteiger partial charge in [-0.2, -0.15) is 0 Å². The molecule has 0 unspecified atom stereocenters. The van der Waals surface area contributed by atoms with Gasteiger partial charge < -0.3 is 29.7 Å². The lowest BCUT2D eigenvalue weighted by atomic mass is 10.0. The summed E-state index contributed by atoms with van der Waals surface area (Å²) < 4.78 is 64.6. The summed E-state index contributed by atoms with van der Waals surface area (Å²) in [4.78, 5) is 41.1. The molecule has 42 heavy (non-hydrogen) atoms. The van der Waals surface area contributed by atoms with Gasteiger partial charge in [0.1, 0.15) is 11.5 Å². The number of rotatable bonds is 7. The Labute approximate surface area is 238 Å². The molecule has 10 nitrogen and oxygen atoms in total. The Morgan fingerprint density at radius 3 is 2.57 bits per heavy atom. The Bertz CT molecular complexity index is 1580. The van der Waals surface area contributed by atoms with Crippen LogP contribution in [0.1, 0.15) is 34.8 Å². The zero-order chi connectivity index (χ0) is 30.1. The first kappa shape index (κ1) is 29.0. The Morgan fingerprint density at radius 2 is 1.90 bits per heavy atom. The predicted octanol–water partition coefficient (Wildman–Crippen LogP) is 3.69. The first-order valence-corrected chi connectivity index (χ1v) is 13.2. The third-order valence-corrected chi connectivity index (χ3v) is 7.55. The van der Waals surface area contributed by atoms with Crippen LogP contribution in [0.25, 0.3) is 5.57 Å². The number of hydrogen-bond acceptors (Lipinski definition) is 8. The maximum absolute atomic E-state index is 16.4. The van der Waals surface area contributed by atoms with Crippen molar-refractivity contribution < 1.29 is 27.1 Å². The molecule has 1 saturated heterocycles. The number of nitrogens with zero attached hydrogens (tertiary/aromatic N) is 5. The fraction of sp³-hybridized carbons (Fsp3) is 0.357. The number of benzene rings is 1. The molecule has 0 aliphatic carbocycles. The number of aromatic nitrogens is 3. The van der Waals surface area contributed by atoms with Crippen LogP contribution in [0, 0.1) is 11.6 Å². The van der Waals surface area contributed by atoms with Gasteiger partial charge in [-0.25, -0.2) is 27.5 Å². The fourth-order valence-electron chi connectivity index (χ4n) is 5.05. The summed E-state index contributed by atoms with van der Waals surface area (Å²) in [6, 6.07) is 1.81. The second-order valence-electron chi connectivity index (χ2n) is 10.2. The van der Waals surface area contributed by atoms with E-state index in [1.807, 2.05) is 14.0 Å². The number of nitrogens with one attached hydrogen (secondary N) is 2. The van der Waals surface area contributed by atoms with Gasteiger partial charge in [0.2, 0.25) is 11.5 Å². The smallest absolute Gasteiger partial charge is 0.264 e. The van der Waals surface area contributed by atoms with Crippen molar-refractivity contribution in [3.8, 4) is 5.75 Å². The molecule has 0 saturated carbocycles. The standard InChI is InChI=1S/C28H29F4N7O3/c1-15-13-38(7-6-37(15)2)21-9-20(29)23(16-4-5-39(14-16)28-34-10-17(42-3)11-35-28)24(30)25(21)36-27(41)19-12-33-22(40)8-18(19)26(31)32/h4,8-12,15,26H,5-7,13-14H2,1-3H3,(H,33,40)(H,36,41)/t15-/m0/s1. The Balaban J connectivity index is 1.53. The molecule has 1 fully saturated rings. The second kappa shape index (κ2) is 11.8. The molecule has 5 rings (SSSR count). The van der Waals surface area contributed by atoms with Crippen molar-refractivity contribution >= 4 is 28.8 Å². The van der Waals surface area contributed by atoms with Crippen LogP contribution in [0.3, 0.4) is 0 Å². The van der Waals surface area contributed by atoms with Gasteiger partial charge in [-0.1, -0.05) is 6.08 Å². The molecule has 222 valence electrons. The number of pyridine rings is 1. The average Bonchev–Trinajstić information content (AvgIpc) is 3.45. The monoisotopic (exact) mass is 587 g/mol. The third kappa shape index (κ3) is 5.66. The van der Waals surface area contributed by atoms with E-state index in [0.29, 0.717) is 43.0 Å². The van der Waals surface area contributed by atoms with Crippen LogP contribution in [0.4, 0.5) is 34.9 Å². The number of amides is 1. The van der Waals surface area contributed by atoms with Crippen molar-refractivity contribution in [1.82, 2.24) is 19.9 Å². The number of carbonyl (C=O) groups excluding carboxylic acids is 1. The zero-order valence-corrected chi connectivity index (χ0v) is 23.1. The number of H-pyrrole nitrogens is 1. The number of carbonyl (C=O) groups is 1. The minimum absolute atomic E-state index is 0.0355. The van der Waals surface area contributed by atoms with Gasteiger partial charge in [-0.3, -0.25) is 9.59 Å². The van der Waals surface area contributed by atoms with E-state index in [9.17, 15) is 18.4 Å². The second-order valence-corrected chi connectivity index (χ2v) is 10.2. The summed E-state index contributed by atoms with van der Waals surface area (Å²) in [6.45, 7) is 3.72. The number of piperazine rings is 1. The number of alkyl halides is 2. The van der Waals surface area contributed by atoms with Crippen molar-refractivity contribution in [3.63, 3.8) is 0 Å². The van der Waals surface area contributed by atoms with E-state index in [0.717, 1.165) is 12.3 Å². The van der Waals surface area contributed by atoms with Gasteiger partial charge >= 0.3 is 0 Å². The van der Waals surface area contributed by atoms with Crippen LogP contribution in [-0.4, -0.2) is 78.7 Å². The lowest BCUT2D eigenvalue weighted by molar-refractivity contribution is 0.101. The summed E-state index contributed by atoms with van der Waals surface area (Å²) in [5, 5.41) is 2.41. The van der Waals surface area contributed by atoms with Crippen LogP contribution in [0.2, 0.25) is 0 Å². The molecular weight excluding hydrogens is 558 g/mol. The normalized spacial score (nSPS) is 17.5. The molecular formula is C28H29F4N7O3. The quantitative estimate of drug-likeness (QED) is 0.404. The molecule has 0 radical (unpaired) electrons. The summed E-state index contributed by atoms with van der Waals surface area (Å²) >= 11 is 0. The SMILES string of the molecule is COc1cnc(N2CC=C(c3c(F)cc(N4CCN(C)[C@@H](C)C4)c(NC(=O)c4c[nH]c(=O)cc4C(F)F)c3F)C2)nc1. The Kier molecular flexibility index (Phi) is 8.16. The number of hydrogen-bond donors (Lipinski definition) is 2. The highest BCUT2D eigenvalue weighted by atomic mass is 19.3. The Morgan fingerprint density at radius 1 is 1.17 bits per heavy atom. The van der Waals surface area contributed by atoms with Crippen molar-refractivity contribution in [2.24, 2.45) is 0 Å². The zero-order valence-electron chi connectivity index (χ0n) is 23.1. The van der Waals surface area contributed by atoms with Gasteiger partial charge in [0.05, 0.1) is 36.3 Å². The van der Waals surface area contributed by atoms with E-state index in [4.69, 9.17) is 4.74 Å². The van der Waals surface area contributed by atoms with Crippen molar-refractivity contribution in [3.05, 3.63) is 75.5 Å². The minimum atomic E-state index is -3.13. The molecule has 1 amide bonds. The topological polar surface area (TPSA) is 107 Å². The predicted molar refractivity (Wildman–Crippen MR) is 149 cm³/mol. The molecule has 2 N–H and O–H groups in total. The molecule has 1 aromatic carbocycles. The maximum Gasteiger partial charge on any atom is 0.264 e. The average molecular weight is 588 g/mol. The van der Waals surface area contributed by atoms with E-state index in [2.05, 4.69) is 25.2 Å². The van der Waals surface area contributed by atoms with Crippen LogP contribution >= 0.6 is 0 Å². The molecule has 1 atom stereocenters. The molecule has 14 heteroatoms. The minimum Gasteiger partial charge on any atom is -0.494 e. The summed E-state index contributed by atoms with van der Waals surface area (Å²) in [7, 11) is 3.41. The maximum atomic E-state index is 16.4. The Hall–Kier alpha value is -4.46. The van der Waals surface area contributed by atoms with E-state index in [1.165, 1.54) is 19.5 Å². The van der Waals surface area contributed by atoms with Crippen molar-refractivity contribution in [2.75, 3.05) is 62.0 Å². The van der Waals surface area contributed by atoms with Gasteiger partial charge in [0, 0.05) is 62.7 Å².